The number of hydrogen-bond donors (Lipinski definition) is 1. The molecule has 0 aromatic heterocycles. The number of methoxy groups -OCH3 is 1. The Morgan fingerprint density at radius 1 is 1.29 bits per heavy atom. The van der Waals surface area contributed by atoms with Gasteiger partial charge in [0.1, 0.15) is 0 Å². The van der Waals surface area contributed by atoms with Gasteiger partial charge >= 0.3 is 0 Å². The number of ether oxygens (including phenoxy) is 1. The summed E-state index contributed by atoms with van der Waals surface area (Å²) >= 11 is 0. The van der Waals surface area contributed by atoms with E-state index in [0.29, 0.717) is 5.75 Å². The molecule has 0 atom stereocenters. The normalized spacial score (nSPS) is 10.2. The van der Waals surface area contributed by atoms with E-state index in [1.165, 1.54) is 5.56 Å². The van der Waals surface area contributed by atoms with E-state index in [-0.39, 0.29) is 5.75 Å². The lowest BCUT2D eigenvalue weighted by Crippen LogP contribution is -1.93. The first-order valence-electron chi connectivity index (χ1n) is 5.11. The molecule has 0 fully saturated rings. The Balaban J connectivity index is 3.11. The van der Waals surface area contributed by atoms with E-state index in [9.17, 15) is 5.11 Å². The van der Waals surface area contributed by atoms with Crippen LogP contribution in [0.1, 0.15) is 31.4 Å². The summed E-state index contributed by atoms with van der Waals surface area (Å²) in [5, 5.41) is 9.76. The molecule has 14 heavy (non-hydrogen) atoms. The second-order valence-corrected chi connectivity index (χ2v) is 3.41. The van der Waals surface area contributed by atoms with Crippen LogP contribution in [0.4, 0.5) is 0 Å². The molecule has 0 aliphatic heterocycles. The maximum atomic E-state index is 9.76. The van der Waals surface area contributed by atoms with Crippen molar-refractivity contribution in [3.05, 3.63) is 23.3 Å². The summed E-state index contributed by atoms with van der Waals surface area (Å²) in [5.74, 6) is 0.877. The van der Waals surface area contributed by atoms with Crippen LogP contribution in [0.15, 0.2) is 12.1 Å². The van der Waals surface area contributed by atoms with E-state index >= 15 is 0 Å². The highest BCUT2D eigenvalue weighted by Gasteiger charge is 2.08. The van der Waals surface area contributed by atoms with Gasteiger partial charge in [-0.25, -0.2) is 0 Å². The number of phenolic OH excluding ortho intramolecular Hbond substituents is 1. The third kappa shape index (κ3) is 2.19. The SMILES string of the molecule is CCCc1cc(CC)c(O)c(OC)c1. The molecule has 0 spiro atoms. The standard InChI is InChI=1S/C12H18O2/c1-4-6-9-7-10(5-2)12(13)11(8-9)14-3/h7-8,13H,4-6H2,1-3H3. The molecule has 0 heterocycles. The van der Waals surface area contributed by atoms with Crippen LogP contribution >= 0.6 is 0 Å². The molecule has 1 aromatic rings. The van der Waals surface area contributed by atoms with Crippen molar-refractivity contribution in [2.75, 3.05) is 7.11 Å². The van der Waals surface area contributed by atoms with E-state index < -0.39 is 0 Å². The minimum Gasteiger partial charge on any atom is -0.504 e. The number of rotatable bonds is 4. The minimum atomic E-state index is 0.287. The van der Waals surface area contributed by atoms with Crippen molar-refractivity contribution in [1.29, 1.82) is 0 Å². The molecule has 0 unspecified atom stereocenters. The van der Waals surface area contributed by atoms with Crippen molar-refractivity contribution in [3.63, 3.8) is 0 Å². The lowest BCUT2D eigenvalue weighted by molar-refractivity contribution is 0.370. The second kappa shape index (κ2) is 4.89. The van der Waals surface area contributed by atoms with Crippen LogP contribution in [0.3, 0.4) is 0 Å². The number of aryl methyl sites for hydroxylation is 2. The zero-order chi connectivity index (χ0) is 10.6. The lowest BCUT2D eigenvalue weighted by Gasteiger charge is -2.10. The van der Waals surface area contributed by atoms with Crippen molar-refractivity contribution in [2.45, 2.75) is 33.1 Å². The van der Waals surface area contributed by atoms with E-state index in [1.54, 1.807) is 7.11 Å². The molecule has 0 saturated carbocycles. The Bertz CT molecular complexity index is 280. The summed E-state index contributed by atoms with van der Waals surface area (Å²) in [6.45, 7) is 4.18. The minimum absolute atomic E-state index is 0.287. The molecule has 0 amide bonds. The van der Waals surface area contributed by atoms with Crippen molar-refractivity contribution in [3.8, 4) is 11.5 Å². The van der Waals surface area contributed by atoms with Crippen molar-refractivity contribution >= 4 is 0 Å². The summed E-state index contributed by atoms with van der Waals surface area (Å²) in [7, 11) is 1.59. The zero-order valence-electron chi connectivity index (χ0n) is 9.13. The average Bonchev–Trinajstić information content (AvgIpc) is 2.20. The molecule has 0 aliphatic carbocycles. The van der Waals surface area contributed by atoms with Crippen LogP contribution < -0.4 is 4.74 Å². The van der Waals surface area contributed by atoms with Crippen LogP contribution in [0, 0.1) is 0 Å². The van der Waals surface area contributed by atoms with Gasteiger partial charge < -0.3 is 9.84 Å². The summed E-state index contributed by atoms with van der Waals surface area (Å²) in [6.07, 6.45) is 2.97. The van der Waals surface area contributed by atoms with Crippen LogP contribution in [0.5, 0.6) is 11.5 Å². The third-order valence-corrected chi connectivity index (χ3v) is 2.35. The zero-order valence-corrected chi connectivity index (χ0v) is 9.13. The maximum Gasteiger partial charge on any atom is 0.161 e. The van der Waals surface area contributed by atoms with Gasteiger partial charge in [-0.3, -0.25) is 0 Å². The van der Waals surface area contributed by atoms with Gasteiger partial charge in [0.05, 0.1) is 7.11 Å². The van der Waals surface area contributed by atoms with Crippen molar-refractivity contribution in [1.82, 2.24) is 0 Å². The summed E-state index contributed by atoms with van der Waals surface area (Å²) in [4.78, 5) is 0. The molecule has 1 rings (SSSR count). The van der Waals surface area contributed by atoms with Crippen LogP contribution in [-0.4, -0.2) is 12.2 Å². The van der Waals surface area contributed by atoms with Crippen LogP contribution in [-0.2, 0) is 12.8 Å². The first-order valence-corrected chi connectivity index (χ1v) is 5.11. The van der Waals surface area contributed by atoms with Gasteiger partial charge in [0.2, 0.25) is 0 Å². The quantitative estimate of drug-likeness (QED) is 0.798. The highest BCUT2D eigenvalue weighted by atomic mass is 16.5. The maximum absolute atomic E-state index is 9.76. The molecule has 0 radical (unpaired) electrons. The molecule has 0 bridgehead atoms. The molecule has 0 saturated heterocycles. The fraction of sp³-hybridized carbons (Fsp3) is 0.500. The molecular weight excluding hydrogens is 176 g/mol. The average molecular weight is 194 g/mol. The first kappa shape index (κ1) is 10.9. The Labute approximate surface area is 85.5 Å². The smallest absolute Gasteiger partial charge is 0.161 e. The summed E-state index contributed by atoms with van der Waals surface area (Å²) in [6, 6.07) is 3.97. The highest BCUT2D eigenvalue weighted by Crippen LogP contribution is 2.32. The van der Waals surface area contributed by atoms with Crippen LogP contribution in [0.25, 0.3) is 0 Å². The second-order valence-electron chi connectivity index (χ2n) is 3.41. The molecule has 0 aliphatic rings. The van der Waals surface area contributed by atoms with Gasteiger partial charge in [-0.1, -0.05) is 26.3 Å². The molecule has 78 valence electrons. The number of benzene rings is 1. The van der Waals surface area contributed by atoms with Gasteiger partial charge in [-0.2, -0.15) is 0 Å². The predicted octanol–water partition coefficient (Wildman–Crippen LogP) is 2.92. The van der Waals surface area contributed by atoms with E-state index in [1.807, 2.05) is 13.0 Å². The van der Waals surface area contributed by atoms with Crippen molar-refractivity contribution < 1.29 is 9.84 Å². The first-order chi connectivity index (χ1) is 6.72. The summed E-state index contributed by atoms with van der Waals surface area (Å²) in [5.41, 5.74) is 2.20. The predicted molar refractivity (Wildman–Crippen MR) is 58.0 cm³/mol. The summed E-state index contributed by atoms with van der Waals surface area (Å²) < 4.78 is 5.12. The molecule has 1 aromatic carbocycles. The highest BCUT2D eigenvalue weighted by molar-refractivity contribution is 5.48. The Hall–Kier alpha value is -1.18. The van der Waals surface area contributed by atoms with E-state index in [0.717, 1.165) is 24.8 Å². The van der Waals surface area contributed by atoms with Gasteiger partial charge in [-0.05, 0) is 30.0 Å². The van der Waals surface area contributed by atoms with Crippen LogP contribution in [0.2, 0.25) is 0 Å². The fourth-order valence-electron chi connectivity index (χ4n) is 1.59. The van der Waals surface area contributed by atoms with Crippen molar-refractivity contribution in [2.24, 2.45) is 0 Å². The van der Waals surface area contributed by atoms with Gasteiger partial charge in [-0.15, -0.1) is 0 Å². The Morgan fingerprint density at radius 2 is 2.00 bits per heavy atom. The van der Waals surface area contributed by atoms with Gasteiger partial charge in [0.15, 0.2) is 11.5 Å². The topological polar surface area (TPSA) is 29.5 Å². The molecular formula is C12H18O2. The number of hydrogen-bond acceptors (Lipinski definition) is 2. The fourth-order valence-corrected chi connectivity index (χ4v) is 1.59. The van der Waals surface area contributed by atoms with E-state index in [4.69, 9.17) is 4.74 Å². The Kier molecular flexibility index (Phi) is 3.81. The van der Waals surface area contributed by atoms with Gasteiger partial charge in [0.25, 0.3) is 0 Å². The number of phenols is 1. The lowest BCUT2D eigenvalue weighted by atomic mass is 10.0. The number of aromatic hydroxyl groups is 1. The van der Waals surface area contributed by atoms with E-state index in [2.05, 4.69) is 13.0 Å². The monoisotopic (exact) mass is 194 g/mol. The molecule has 2 nitrogen and oxygen atoms in total. The molecule has 1 N–H and O–H groups in total. The molecule has 2 heteroatoms. The van der Waals surface area contributed by atoms with Gasteiger partial charge in [0, 0.05) is 0 Å². The third-order valence-electron chi connectivity index (χ3n) is 2.35. The Morgan fingerprint density at radius 3 is 2.50 bits per heavy atom. The largest absolute Gasteiger partial charge is 0.504 e.